The first-order chi connectivity index (χ1) is 17.2. The highest BCUT2D eigenvalue weighted by Gasteiger charge is 2.32. The summed E-state index contributed by atoms with van der Waals surface area (Å²) in [5, 5.41) is 2.10. The van der Waals surface area contributed by atoms with Gasteiger partial charge in [0.15, 0.2) is 4.90 Å². The number of hydrogen-bond donors (Lipinski definition) is 2. The van der Waals surface area contributed by atoms with E-state index in [4.69, 9.17) is 4.98 Å². The van der Waals surface area contributed by atoms with Crippen molar-refractivity contribution in [3.63, 3.8) is 0 Å². The van der Waals surface area contributed by atoms with E-state index in [1.54, 1.807) is 12.1 Å². The number of benzene rings is 2. The van der Waals surface area contributed by atoms with Gasteiger partial charge in [0.05, 0.1) is 11.3 Å². The molecular formula is C27H26N4O4S. The van der Waals surface area contributed by atoms with Crippen LogP contribution < -0.4 is 15.2 Å². The van der Waals surface area contributed by atoms with Crippen molar-refractivity contribution in [2.75, 3.05) is 11.4 Å². The zero-order valence-corrected chi connectivity index (χ0v) is 20.7. The molecule has 4 aromatic rings. The van der Waals surface area contributed by atoms with Crippen molar-refractivity contribution in [3.8, 4) is 11.3 Å². The average molecular weight is 503 g/mol. The van der Waals surface area contributed by atoms with Crippen LogP contribution in [-0.4, -0.2) is 36.9 Å². The standard InChI is InChI=1S/C27H26N4O4S/c1-17-15-18(2)31(16-17)25-22(26(32)30-36(34,35)24-11-6-14-28-27(24)33)12-13-23(29-25)21-10-5-8-19-7-3-4-9-20(19)21/h3-14,17-18H,15-16H2,1-2H3,(H,28,33)(H,30,32)/t17-,18?/m0/s1. The molecule has 0 bridgehead atoms. The normalized spacial score (nSPS) is 17.9. The molecule has 2 aromatic carbocycles. The van der Waals surface area contributed by atoms with Crippen LogP contribution in [0.1, 0.15) is 30.6 Å². The van der Waals surface area contributed by atoms with Crippen molar-refractivity contribution in [2.45, 2.75) is 31.2 Å². The van der Waals surface area contributed by atoms with Crippen molar-refractivity contribution < 1.29 is 13.2 Å². The molecule has 184 valence electrons. The lowest BCUT2D eigenvalue weighted by Crippen LogP contribution is -2.36. The van der Waals surface area contributed by atoms with Crippen LogP contribution in [0.5, 0.6) is 0 Å². The lowest BCUT2D eigenvalue weighted by molar-refractivity contribution is 0.0981. The van der Waals surface area contributed by atoms with Gasteiger partial charge < -0.3 is 9.88 Å². The van der Waals surface area contributed by atoms with Gasteiger partial charge in [-0.1, -0.05) is 49.4 Å². The molecule has 0 spiro atoms. The van der Waals surface area contributed by atoms with E-state index in [0.29, 0.717) is 24.0 Å². The van der Waals surface area contributed by atoms with Gasteiger partial charge in [0.1, 0.15) is 5.82 Å². The monoisotopic (exact) mass is 502 g/mol. The molecule has 0 aliphatic carbocycles. The number of nitrogens with zero attached hydrogens (tertiary/aromatic N) is 2. The molecule has 1 unspecified atom stereocenters. The smallest absolute Gasteiger partial charge is 0.269 e. The highest BCUT2D eigenvalue weighted by Crippen LogP contribution is 2.34. The number of aromatic amines is 1. The summed E-state index contributed by atoms with van der Waals surface area (Å²) in [7, 11) is -4.38. The molecule has 9 heteroatoms. The molecule has 2 atom stereocenters. The SMILES string of the molecule is CC1C[C@H](C)CN1c1nc(-c2cccc3ccccc23)ccc1C(=O)NS(=O)(=O)c1ccc[nH]c1=O. The zero-order chi connectivity index (χ0) is 25.4. The van der Waals surface area contributed by atoms with Gasteiger partial charge in [-0.3, -0.25) is 9.59 Å². The van der Waals surface area contributed by atoms with Gasteiger partial charge in [-0.25, -0.2) is 18.1 Å². The van der Waals surface area contributed by atoms with Gasteiger partial charge in [0.25, 0.3) is 21.5 Å². The van der Waals surface area contributed by atoms with Crippen LogP contribution in [0, 0.1) is 5.92 Å². The molecule has 5 rings (SSSR count). The molecule has 0 saturated carbocycles. The Bertz CT molecular complexity index is 1630. The highest BCUT2D eigenvalue weighted by atomic mass is 32.2. The molecule has 3 heterocycles. The number of fused-ring (bicyclic) bond motifs is 1. The second kappa shape index (κ2) is 9.23. The van der Waals surface area contributed by atoms with Crippen molar-refractivity contribution in [3.05, 3.63) is 88.8 Å². The van der Waals surface area contributed by atoms with Gasteiger partial charge >= 0.3 is 0 Å². The maximum absolute atomic E-state index is 13.3. The Morgan fingerprint density at radius 3 is 2.56 bits per heavy atom. The fraction of sp³-hybridized carbons (Fsp3) is 0.222. The number of H-pyrrole nitrogens is 1. The summed E-state index contributed by atoms with van der Waals surface area (Å²) in [6.07, 6.45) is 2.26. The molecule has 1 amide bonds. The lowest BCUT2D eigenvalue weighted by atomic mass is 10.0. The summed E-state index contributed by atoms with van der Waals surface area (Å²) in [6.45, 7) is 4.90. The largest absolute Gasteiger partial charge is 0.353 e. The van der Waals surface area contributed by atoms with Gasteiger partial charge in [-0.05, 0) is 54.3 Å². The summed E-state index contributed by atoms with van der Waals surface area (Å²) in [5.41, 5.74) is 0.942. The molecule has 2 aromatic heterocycles. The minimum Gasteiger partial charge on any atom is -0.353 e. The summed E-state index contributed by atoms with van der Waals surface area (Å²) in [4.78, 5) is 34.1. The van der Waals surface area contributed by atoms with E-state index < -0.39 is 26.4 Å². The topological polar surface area (TPSA) is 112 Å². The Balaban J connectivity index is 1.60. The van der Waals surface area contributed by atoms with Crippen molar-refractivity contribution in [1.82, 2.24) is 14.7 Å². The van der Waals surface area contributed by atoms with E-state index in [-0.39, 0.29) is 11.6 Å². The van der Waals surface area contributed by atoms with Crippen LogP contribution in [0.25, 0.3) is 22.0 Å². The Labute approximate surface area is 209 Å². The number of aromatic nitrogens is 2. The van der Waals surface area contributed by atoms with Gasteiger partial charge in [-0.2, -0.15) is 0 Å². The van der Waals surface area contributed by atoms with E-state index in [1.807, 2.05) is 42.5 Å². The first-order valence-corrected chi connectivity index (χ1v) is 13.2. The van der Waals surface area contributed by atoms with Crippen LogP contribution in [0.15, 0.2) is 82.6 Å². The Morgan fingerprint density at radius 2 is 1.81 bits per heavy atom. The van der Waals surface area contributed by atoms with Crippen LogP contribution in [-0.2, 0) is 10.0 Å². The summed E-state index contributed by atoms with van der Waals surface area (Å²) in [6, 6.07) is 20.0. The molecule has 1 aliphatic heterocycles. The lowest BCUT2D eigenvalue weighted by Gasteiger charge is -2.25. The quantitative estimate of drug-likeness (QED) is 0.428. The van der Waals surface area contributed by atoms with Gasteiger partial charge in [0.2, 0.25) is 0 Å². The van der Waals surface area contributed by atoms with E-state index in [9.17, 15) is 18.0 Å². The minimum atomic E-state index is -4.38. The molecule has 2 N–H and O–H groups in total. The predicted molar refractivity (Wildman–Crippen MR) is 139 cm³/mol. The Morgan fingerprint density at radius 1 is 1.03 bits per heavy atom. The fourth-order valence-electron chi connectivity index (χ4n) is 4.89. The fourth-order valence-corrected chi connectivity index (χ4v) is 5.91. The first kappa shape index (κ1) is 23.7. The zero-order valence-electron chi connectivity index (χ0n) is 19.9. The van der Waals surface area contributed by atoms with E-state index >= 15 is 0 Å². The van der Waals surface area contributed by atoms with Gasteiger partial charge in [0, 0.05) is 24.3 Å². The highest BCUT2D eigenvalue weighted by molar-refractivity contribution is 7.90. The maximum Gasteiger partial charge on any atom is 0.269 e. The molecule has 8 nitrogen and oxygen atoms in total. The molecule has 0 radical (unpaired) electrons. The third-order valence-corrected chi connectivity index (χ3v) is 7.89. The number of sulfonamides is 1. The summed E-state index contributed by atoms with van der Waals surface area (Å²) < 4.78 is 27.7. The third kappa shape index (κ3) is 4.37. The van der Waals surface area contributed by atoms with Crippen molar-refractivity contribution in [1.29, 1.82) is 0 Å². The predicted octanol–water partition coefficient (Wildman–Crippen LogP) is 3.94. The average Bonchev–Trinajstić information content (AvgIpc) is 3.20. The van der Waals surface area contributed by atoms with Crippen LogP contribution in [0.3, 0.4) is 0 Å². The molecule has 1 saturated heterocycles. The maximum atomic E-state index is 13.3. The van der Waals surface area contributed by atoms with Gasteiger partial charge in [-0.15, -0.1) is 0 Å². The third-order valence-electron chi connectivity index (χ3n) is 6.54. The Kier molecular flexibility index (Phi) is 6.09. The molecule has 1 fully saturated rings. The number of anilines is 1. The van der Waals surface area contributed by atoms with Crippen molar-refractivity contribution >= 4 is 32.5 Å². The number of amides is 1. The number of rotatable bonds is 5. The van der Waals surface area contributed by atoms with Crippen molar-refractivity contribution in [2.24, 2.45) is 5.92 Å². The van der Waals surface area contributed by atoms with E-state index in [1.165, 1.54) is 12.3 Å². The second-order valence-corrected chi connectivity index (χ2v) is 10.9. The molecule has 36 heavy (non-hydrogen) atoms. The van der Waals surface area contributed by atoms with Crippen LogP contribution in [0.4, 0.5) is 5.82 Å². The second-order valence-electron chi connectivity index (χ2n) is 9.23. The number of hydrogen-bond acceptors (Lipinski definition) is 6. The van der Waals surface area contributed by atoms with Crippen LogP contribution in [0.2, 0.25) is 0 Å². The van der Waals surface area contributed by atoms with Crippen LogP contribution >= 0.6 is 0 Å². The molecular weight excluding hydrogens is 476 g/mol. The summed E-state index contributed by atoms with van der Waals surface area (Å²) >= 11 is 0. The van der Waals surface area contributed by atoms with E-state index in [0.717, 1.165) is 28.8 Å². The number of carbonyl (C=O) groups excluding carboxylic acids is 1. The first-order valence-electron chi connectivity index (χ1n) is 11.8. The number of nitrogens with one attached hydrogen (secondary N) is 2. The summed E-state index contributed by atoms with van der Waals surface area (Å²) in [5.74, 6) is -0.0190. The Hall–Kier alpha value is -3.98. The number of pyridine rings is 2. The van der Waals surface area contributed by atoms with E-state index in [2.05, 4.69) is 28.5 Å². The number of carbonyl (C=O) groups is 1. The molecule has 1 aliphatic rings. The minimum absolute atomic E-state index is 0.121.